The summed E-state index contributed by atoms with van der Waals surface area (Å²) in [6, 6.07) is 0. The second-order valence-electron chi connectivity index (χ2n) is 2.44. The largest absolute Gasteiger partial charge is 0.0776 e. The fraction of sp³-hybridized carbons (Fsp3) is 1.00. The molecule has 0 spiro atoms. The van der Waals surface area contributed by atoms with Crippen molar-refractivity contribution in [2.75, 3.05) is 0 Å². The summed E-state index contributed by atoms with van der Waals surface area (Å²) in [5, 5.41) is 0. The van der Waals surface area contributed by atoms with Crippen LogP contribution in [-0.2, 0) is 0 Å². The lowest BCUT2D eigenvalue weighted by Crippen LogP contribution is -1.84. The standard InChI is InChI=1S/C3H10Si.C2H8Si.3CH4/c1-4(2)3;1-3-2;;;/h4H,1-3H3;3H2,1-2H3;3*1H4. The SMILES string of the molecule is C.C.C.C[SiH2]C.C[SiH](C)C. The van der Waals surface area contributed by atoms with E-state index in [9.17, 15) is 0 Å². The third kappa shape index (κ3) is 2480. The van der Waals surface area contributed by atoms with Crippen molar-refractivity contribution in [1.29, 1.82) is 0 Å². The van der Waals surface area contributed by atoms with E-state index in [2.05, 4.69) is 32.7 Å². The zero-order valence-corrected chi connectivity index (χ0v) is 8.85. The number of hydrogen-bond acceptors (Lipinski definition) is 0. The molecule has 0 rings (SSSR count). The predicted molar refractivity (Wildman–Crippen MR) is 65.2 cm³/mol. The zero-order valence-electron chi connectivity index (χ0n) is 6.28. The van der Waals surface area contributed by atoms with Crippen LogP contribution in [0.4, 0.5) is 0 Å². The van der Waals surface area contributed by atoms with Crippen LogP contribution in [-0.4, -0.2) is 18.3 Å². The average molecular weight is 182 g/mol. The topological polar surface area (TPSA) is 0 Å². The van der Waals surface area contributed by atoms with E-state index in [4.69, 9.17) is 0 Å². The molecule has 0 aliphatic rings. The van der Waals surface area contributed by atoms with Gasteiger partial charge >= 0.3 is 0 Å². The summed E-state index contributed by atoms with van der Waals surface area (Å²) in [4.78, 5) is 0. The van der Waals surface area contributed by atoms with Crippen LogP contribution in [0, 0.1) is 0 Å². The Kier molecular flexibility index (Phi) is 107. The van der Waals surface area contributed by atoms with Crippen molar-refractivity contribution in [2.45, 2.75) is 55.0 Å². The van der Waals surface area contributed by atoms with Crippen LogP contribution in [0.3, 0.4) is 0 Å². The van der Waals surface area contributed by atoms with Crippen molar-refractivity contribution >= 4 is 18.3 Å². The Labute approximate surface area is 73.9 Å². The number of hydrogen-bond donors (Lipinski definition) is 0. The van der Waals surface area contributed by atoms with E-state index in [1.165, 1.54) is 0 Å². The summed E-state index contributed by atoms with van der Waals surface area (Å²) in [5.74, 6) is 0. The van der Waals surface area contributed by atoms with E-state index >= 15 is 0 Å². The molecule has 10 heavy (non-hydrogen) atoms. The highest BCUT2D eigenvalue weighted by Gasteiger charge is 1.71. The molecule has 0 aliphatic heterocycles. The summed E-state index contributed by atoms with van der Waals surface area (Å²) in [6.07, 6.45) is 0. The normalized spacial score (nSPS) is 5.40. The average Bonchev–Trinajstić information content (AvgIpc) is 1.33. The lowest BCUT2D eigenvalue weighted by molar-refractivity contribution is 1.91. The maximum atomic E-state index is 2.31. The molecule has 0 bridgehead atoms. The van der Waals surface area contributed by atoms with Crippen LogP contribution in [0.5, 0.6) is 0 Å². The van der Waals surface area contributed by atoms with Gasteiger partial charge in [0, 0.05) is 18.3 Å². The molecular weight excluding hydrogens is 152 g/mol. The lowest BCUT2D eigenvalue weighted by Gasteiger charge is -1.75. The molecule has 0 aromatic rings. The van der Waals surface area contributed by atoms with Gasteiger partial charge in [0.2, 0.25) is 0 Å². The van der Waals surface area contributed by atoms with Gasteiger partial charge in [0.15, 0.2) is 0 Å². The quantitative estimate of drug-likeness (QED) is 0.505. The van der Waals surface area contributed by atoms with Crippen molar-refractivity contribution in [1.82, 2.24) is 0 Å². The van der Waals surface area contributed by atoms with Crippen LogP contribution < -0.4 is 0 Å². The maximum Gasteiger partial charge on any atom is 0.0274 e. The van der Waals surface area contributed by atoms with Gasteiger partial charge in [-0.05, 0) is 0 Å². The molecule has 0 unspecified atom stereocenters. The van der Waals surface area contributed by atoms with Gasteiger partial charge in [-0.2, -0.15) is 0 Å². The monoisotopic (exact) mass is 182 g/mol. The first-order valence-corrected chi connectivity index (χ1v) is 9.44. The van der Waals surface area contributed by atoms with Crippen LogP contribution in [0.25, 0.3) is 0 Å². The first kappa shape index (κ1) is 31.4. The molecule has 0 amide bonds. The molecule has 0 heterocycles. The van der Waals surface area contributed by atoms with Crippen LogP contribution in [0.2, 0.25) is 32.7 Å². The molecule has 0 fully saturated rings. The zero-order chi connectivity index (χ0) is 6.28. The summed E-state index contributed by atoms with van der Waals surface area (Å²) in [5.41, 5.74) is 0. The Morgan fingerprint density at radius 3 is 0.800 bits per heavy atom. The summed E-state index contributed by atoms with van der Waals surface area (Å²) in [7, 11) is 0.278. The Morgan fingerprint density at radius 2 is 0.800 bits per heavy atom. The fourth-order valence-electron chi connectivity index (χ4n) is 0. The van der Waals surface area contributed by atoms with Crippen LogP contribution in [0.15, 0.2) is 0 Å². The first-order chi connectivity index (χ1) is 3.15. The van der Waals surface area contributed by atoms with Gasteiger partial charge in [0.1, 0.15) is 0 Å². The molecule has 0 N–H and O–H groups in total. The van der Waals surface area contributed by atoms with Gasteiger partial charge in [0.05, 0.1) is 0 Å². The highest BCUT2D eigenvalue weighted by atomic mass is 28.3. The smallest absolute Gasteiger partial charge is 0.0274 e. The Balaban J connectivity index is -0.0000000131. The molecule has 0 saturated heterocycles. The molecule has 0 aromatic heterocycles. The van der Waals surface area contributed by atoms with Gasteiger partial charge < -0.3 is 0 Å². The van der Waals surface area contributed by atoms with E-state index in [0.717, 1.165) is 0 Å². The van der Waals surface area contributed by atoms with E-state index in [1.807, 2.05) is 0 Å². The molecule has 0 radical (unpaired) electrons. The minimum atomic E-state index is -0.139. The van der Waals surface area contributed by atoms with Crippen LogP contribution in [0.1, 0.15) is 22.3 Å². The molecule has 2 heteroatoms. The first-order valence-electron chi connectivity index (χ1n) is 3.15. The molecule has 0 aliphatic carbocycles. The Bertz CT molecular complexity index is 18.5. The third-order valence-electron chi connectivity index (χ3n) is 0. The summed E-state index contributed by atoms with van der Waals surface area (Å²) in [6.45, 7) is 11.4. The highest BCUT2D eigenvalue weighted by Crippen LogP contribution is 1.68. The van der Waals surface area contributed by atoms with E-state index in [1.54, 1.807) is 0 Å². The highest BCUT2D eigenvalue weighted by molar-refractivity contribution is 6.54. The van der Waals surface area contributed by atoms with Gasteiger partial charge in [-0.1, -0.05) is 55.0 Å². The molecular formula is C8H30Si2. The Hall–Kier alpha value is 0.434. The fourth-order valence-corrected chi connectivity index (χ4v) is 0. The van der Waals surface area contributed by atoms with Crippen molar-refractivity contribution < 1.29 is 0 Å². The van der Waals surface area contributed by atoms with E-state index in [-0.39, 0.29) is 31.1 Å². The number of rotatable bonds is 0. The molecule has 0 nitrogen and oxygen atoms in total. The van der Waals surface area contributed by atoms with Gasteiger partial charge in [0.25, 0.3) is 0 Å². The summed E-state index contributed by atoms with van der Waals surface area (Å²) >= 11 is 0. The third-order valence-corrected chi connectivity index (χ3v) is 0. The van der Waals surface area contributed by atoms with Crippen molar-refractivity contribution in [3.8, 4) is 0 Å². The molecule has 0 saturated carbocycles. The van der Waals surface area contributed by atoms with Crippen molar-refractivity contribution in [3.63, 3.8) is 0 Å². The predicted octanol–water partition coefficient (Wildman–Crippen LogP) is 3.26. The molecule has 70 valence electrons. The Morgan fingerprint density at radius 1 is 0.800 bits per heavy atom. The second kappa shape index (κ2) is 34.1. The summed E-state index contributed by atoms with van der Waals surface area (Å²) < 4.78 is 0. The van der Waals surface area contributed by atoms with E-state index in [0.29, 0.717) is 9.52 Å². The van der Waals surface area contributed by atoms with Crippen molar-refractivity contribution in [2.24, 2.45) is 0 Å². The van der Waals surface area contributed by atoms with Crippen molar-refractivity contribution in [3.05, 3.63) is 0 Å². The molecule has 0 aromatic carbocycles. The molecule has 0 atom stereocenters. The maximum absolute atomic E-state index is 2.31. The van der Waals surface area contributed by atoms with E-state index < -0.39 is 0 Å². The van der Waals surface area contributed by atoms with Gasteiger partial charge in [-0.25, -0.2) is 0 Å². The second-order valence-corrected chi connectivity index (χ2v) is 7.32. The van der Waals surface area contributed by atoms with Gasteiger partial charge in [-0.3, -0.25) is 0 Å². The minimum absolute atomic E-state index is 0. The van der Waals surface area contributed by atoms with Crippen LogP contribution >= 0.6 is 0 Å². The van der Waals surface area contributed by atoms with Gasteiger partial charge in [-0.15, -0.1) is 0 Å². The lowest BCUT2D eigenvalue weighted by atomic mass is 11.8. The minimum Gasteiger partial charge on any atom is -0.0776 e.